The van der Waals surface area contributed by atoms with Gasteiger partial charge >= 0.3 is 0 Å². The molecule has 0 saturated carbocycles. The SMILES string of the molecule is Cc1cc2c(c(C)c1C(C)(C)C)C=CNS2(=O)=O. The van der Waals surface area contributed by atoms with Gasteiger partial charge in [-0.1, -0.05) is 20.8 Å². The highest BCUT2D eigenvalue weighted by molar-refractivity contribution is 7.89. The number of fused-ring (bicyclic) bond motifs is 1. The summed E-state index contributed by atoms with van der Waals surface area (Å²) in [4.78, 5) is 0.382. The van der Waals surface area contributed by atoms with Gasteiger partial charge in [0, 0.05) is 6.20 Å². The lowest BCUT2D eigenvalue weighted by Gasteiger charge is -2.27. The van der Waals surface area contributed by atoms with E-state index >= 15 is 0 Å². The van der Waals surface area contributed by atoms with E-state index in [1.165, 1.54) is 11.8 Å². The lowest BCUT2D eigenvalue weighted by Crippen LogP contribution is -2.24. The molecule has 18 heavy (non-hydrogen) atoms. The monoisotopic (exact) mass is 265 g/mol. The van der Waals surface area contributed by atoms with E-state index in [2.05, 4.69) is 25.5 Å². The number of benzene rings is 1. The molecule has 1 aromatic carbocycles. The molecule has 1 aliphatic rings. The number of aryl methyl sites for hydroxylation is 1. The van der Waals surface area contributed by atoms with Crippen LogP contribution in [0.15, 0.2) is 17.2 Å². The van der Waals surface area contributed by atoms with Crippen LogP contribution >= 0.6 is 0 Å². The van der Waals surface area contributed by atoms with Crippen molar-refractivity contribution in [1.82, 2.24) is 4.72 Å². The van der Waals surface area contributed by atoms with Gasteiger partial charge in [-0.05, 0) is 53.7 Å². The van der Waals surface area contributed by atoms with E-state index in [0.29, 0.717) is 4.90 Å². The van der Waals surface area contributed by atoms with E-state index in [1.807, 2.05) is 19.9 Å². The molecule has 1 aromatic rings. The van der Waals surface area contributed by atoms with Gasteiger partial charge in [-0.15, -0.1) is 0 Å². The third kappa shape index (κ3) is 1.94. The second kappa shape index (κ2) is 3.85. The Bertz CT molecular complexity index is 635. The molecule has 2 rings (SSSR count). The van der Waals surface area contributed by atoms with Gasteiger partial charge in [0.25, 0.3) is 10.0 Å². The smallest absolute Gasteiger partial charge is 0.262 e. The van der Waals surface area contributed by atoms with Crippen LogP contribution in [0, 0.1) is 13.8 Å². The predicted molar refractivity (Wildman–Crippen MR) is 74.0 cm³/mol. The number of hydrogen-bond acceptors (Lipinski definition) is 2. The molecule has 1 heterocycles. The topological polar surface area (TPSA) is 46.2 Å². The number of rotatable bonds is 0. The maximum absolute atomic E-state index is 12.0. The highest BCUT2D eigenvalue weighted by Gasteiger charge is 2.27. The van der Waals surface area contributed by atoms with Gasteiger partial charge < -0.3 is 0 Å². The summed E-state index contributed by atoms with van der Waals surface area (Å²) in [5.74, 6) is 0. The summed E-state index contributed by atoms with van der Waals surface area (Å²) in [6.07, 6.45) is 3.33. The van der Waals surface area contributed by atoms with Crippen LogP contribution in [0.4, 0.5) is 0 Å². The zero-order valence-electron chi connectivity index (χ0n) is 11.5. The van der Waals surface area contributed by atoms with Crippen molar-refractivity contribution in [3.05, 3.63) is 34.5 Å². The molecule has 0 radical (unpaired) electrons. The Balaban J connectivity index is 2.86. The molecule has 0 fully saturated rings. The maximum atomic E-state index is 12.0. The molecular weight excluding hydrogens is 246 g/mol. The van der Waals surface area contributed by atoms with Crippen molar-refractivity contribution >= 4 is 16.1 Å². The Morgan fingerprint density at radius 1 is 1.17 bits per heavy atom. The second-order valence-electron chi connectivity index (χ2n) is 5.81. The fourth-order valence-corrected chi connectivity index (χ4v) is 4.03. The molecule has 0 unspecified atom stereocenters. The maximum Gasteiger partial charge on any atom is 0.262 e. The van der Waals surface area contributed by atoms with Crippen molar-refractivity contribution in [3.8, 4) is 0 Å². The van der Waals surface area contributed by atoms with Crippen molar-refractivity contribution in [2.45, 2.75) is 44.9 Å². The van der Waals surface area contributed by atoms with Gasteiger partial charge in [0.2, 0.25) is 0 Å². The van der Waals surface area contributed by atoms with Crippen LogP contribution in [0.25, 0.3) is 6.08 Å². The fourth-order valence-electron chi connectivity index (χ4n) is 2.82. The Morgan fingerprint density at radius 2 is 1.78 bits per heavy atom. The van der Waals surface area contributed by atoms with E-state index in [-0.39, 0.29) is 5.41 Å². The van der Waals surface area contributed by atoms with Crippen LogP contribution < -0.4 is 4.72 Å². The molecule has 1 N–H and O–H groups in total. The zero-order valence-corrected chi connectivity index (χ0v) is 12.3. The van der Waals surface area contributed by atoms with E-state index in [0.717, 1.165) is 16.7 Å². The van der Waals surface area contributed by atoms with Crippen LogP contribution in [-0.2, 0) is 15.4 Å². The first-order chi connectivity index (χ1) is 8.14. The quantitative estimate of drug-likeness (QED) is 0.784. The molecule has 0 amide bonds. The van der Waals surface area contributed by atoms with Crippen molar-refractivity contribution in [2.24, 2.45) is 0 Å². The third-order valence-corrected chi connectivity index (χ3v) is 4.66. The van der Waals surface area contributed by atoms with E-state index in [4.69, 9.17) is 0 Å². The standard InChI is InChI=1S/C14H19NO2S/c1-9-8-12-11(6-7-15-18(12,16)17)10(2)13(9)14(3,4)5/h6-8,15H,1-5H3. The van der Waals surface area contributed by atoms with Gasteiger partial charge in [0.1, 0.15) is 0 Å². The second-order valence-corrected chi connectivity index (χ2v) is 7.49. The molecular formula is C14H19NO2S. The van der Waals surface area contributed by atoms with Crippen molar-refractivity contribution in [2.75, 3.05) is 0 Å². The molecule has 98 valence electrons. The fraction of sp³-hybridized carbons (Fsp3) is 0.429. The molecule has 0 spiro atoms. The number of hydrogen-bond donors (Lipinski definition) is 1. The van der Waals surface area contributed by atoms with Crippen LogP contribution in [0.3, 0.4) is 0 Å². The Morgan fingerprint density at radius 3 is 2.33 bits per heavy atom. The highest BCUT2D eigenvalue weighted by Crippen LogP contribution is 2.35. The highest BCUT2D eigenvalue weighted by atomic mass is 32.2. The Labute approximate surface area is 109 Å². The first-order valence-electron chi connectivity index (χ1n) is 5.98. The van der Waals surface area contributed by atoms with Crippen LogP contribution in [-0.4, -0.2) is 8.42 Å². The lowest BCUT2D eigenvalue weighted by atomic mass is 9.80. The first kappa shape index (κ1) is 13.1. The summed E-state index contributed by atoms with van der Waals surface area (Å²) in [6, 6.07) is 1.77. The normalized spacial score (nSPS) is 17.2. The molecule has 0 bridgehead atoms. The van der Waals surface area contributed by atoms with Crippen LogP contribution in [0.5, 0.6) is 0 Å². The average Bonchev–Trinajstić information content (AvgIpc) is 2.17. The molecule has 0 saturated heterocycles. The van der Waals surface area contributed by atoms with Gasteiger partial charge in [0.05, 0.1) is 4.90 Å². The largest absolute Gasteiger partial charge is 0.286 e. The Hall–Kier alpha value is -1.29. The summed E-state index contributed by atoms with van der Waals surface area (Å²) in [7, 11) is -3.39. The summed E-state index contributed by atoms with van der Waals surface area (Å²) >= 11 is 0. The summed E-state index contributed by atoms with van der Waals surface area (Å²) in [6.45, 7) is 10.4. The third-order valence-electron chi connectivity index (χ3n) is 3.30. The molecule has 3 nitrogen and oxygen atoms in total. The predicted octanol–water partition coefficient (Wildman–Crippen LogP) is 2.86. The molecule has 0 aromatic heterocycles. The average molecular weight is 265 g/mol. The summed E-state index contributed by atoms with van der Waals surface area (Å²) in [5.41, 5.74) is 4.12. The minimum Gasteiger partial charge on any atom is -0.286 e. The van der Waals surface area contributed by atoms with Crippen LogP contribution in [0.2, 0.25) is 0 Å². The summed E-state index contributed by atoms with van der Waals surface area (Å²) < 4.78 is 26.4. The van der Waals surface area contributed by atoms with Gasteiger partial charge in [-0.3, -0.25) is 4.72 Å². The minimum atomic E-state index is -3.39. The summed E-state index contributed by atoms with van der Waals surface area (Å²) in [5, 5.41) is 0. The Kier molecular flexibility index (Phi) is 2.81. The van der Waals surface area contributed by atoms with Crippen molar-refractivity contribution in [3.63, 3.8) is 0 Å². The lowest BCUT2D eigenvalue weighted by molar-refractivity contribution is 0.576. The van der Waals surface area contributed by atoms with Crippen molar-refractivity contribution < 1.29 is 8.42 Å². The van der Waals surface area contributed by atoms with Crippen molar-refractivity contribution in [1.29, 1.82) is 0 Å². The van der Waals surface area contributed by atoms with E-state index in [9.17, 15) is 8.42 Å². The number of nitrogens with one attached hydrogen (secondary N) is 1. The number of sulfonamides is 1. The zero-order chi connectivity index (χ0) is 13.7. The molecule has 4 heteroatoms. The van der Waals surface area contributed by atoms with Gasteiger partial charge in [-0.25, -0.2) is 8.42 Å². The minimum absolute atomic E-state index is 0.00563. The van der Waals surface area contributed by atoms with Crippen LogP contribution in [0.1, 0.15) is 43.0 Å². The van der Waals surface area contributed by atoms with Gasteiger partial charge in [-0.2, -0.15) is 0 Å². The van der Waals surface area contributed by atoms with E-state index in [1.54, 1.807) is 6.07 Å². The van der Waals surface area contributed by atoms with Gasteiger partial charge in [0.15, 0.2) is 0 Å². The molecule has 0 aliphatic carbocycles. The molecule has 1 aliphatic heterocycles. The van der Waals surface area contributed by atoms with E-state index < -0.39 is 10.0 Å². The first-order valence-corrected chi connectivity index (χ1v) is 7.46. The molecule has 0 atom stereocenters.